The summed E-state index contributed by atoms with van der Waals surface area (Å²) in [6.45, 7) is 1.03. The highest BCUT2D eigenvalue weighted by molar-refractivity contribution is 5.94. The van der Waals surface area contributed by atoms with Gasteiger partial charge in [0.05, 0.1) is 12.2 Å². The zero-order chi connectivity index (χ0) is 18.4. The molecule has 2 aromatic rings. The quantitative estimate of drug-likeness (QED) is 0.785. The van der Waals surface area contributed by atoms with Crippen LogP contribution in [0.15, 0.2) is 36.4 Å². The van der Waals surface area contributed by atoms with Gasteiger partial charge in [0.1, 0.15) is 5.75 Å². The second kappa shape index (κ2) is 8.18. The summed E-state index contributed by atoms with van der Waals surface area (Å²) in [5, 5.41) is 4.31. The Hall–Kier alpha value is -3.03. The maximum absolute atomic E-state index is 13.4. The summed E-state index contributed by atoms with van der Waals surface area (Å²) < 4.78 is 44.6. The standard InChI is InChI=1S/C17H15F3N2O3/c1-10-4-2-3-5-13(10)25-9-15(24)21-8-14(23)22-12-7-6-11(18)16(19)17(12)20/h2-7H,8-9H2,1H3,(H,21,24)(H,22,23). The lowest BCUT2D eigenvalue weighted by atomic mass is 10.2. The van der Waals surface area contributed by atoms with E-state index in [0.29, 0.717) is 11.8 Å². The minimum atomic E-state index is -1.69. The number of halogens is 3. The number of hydrogen-bond donors (Lipinski definition) is 2. The Morgan fingerprint density at radius 1 is 1.00 bits per heavy atom. The van der Waals surface area contributed by atoms with Crippen molar-refractivity contribution in [2.75, 3.05) is 18.5 Å². The molecule has 0 saturated heterocycles. The van der Waals surface area contributed by atoms with E-state index in [0.717, 1.165) is 11.6 Å². The van der Waals surface area contributed by atoms with Crippen molar-refractivity contribution in [2.45, 2.75) is 6.92 Å². The molecule has 5 nitrogen and oxygen atoms in total. The topological polar surface area (TPSA) is 67.4 Å². The molecule has 0 radical (unpaired) electrons. The minimum Gasteiger partial charge on any atom is -0.484 e. The van der Waals surface area contributed by atoms with E-state index >= 15 is 0 Å². The zero-order valence-corrected chi connectivity index (χ0v) is 13.2. The van der Waals surface area contributed by atoms with Crippen molar-refractivity contribution >= 4 is 17.5 Å². The Kier molecular flexibility index (Phi) is 5.99. The number of anilines is 1. The Balaban J connectivity index is 1.81. The number of para-hydroxylation sites is 1. The largest absolute Gasteiger partial charge is 0.484 e. The molecule has 25 heavy (non-hydrogen) atoms. The molecule has 0 aliphatic heterocycles. The predicted octanol–water partition coefficient (Wildman–Crippen LogP) is 2.55. The molecule has 0 unspecified atom stereocenters. The molecular weight excluding hydrogens is 337 g/mol. The monoisotopic (exact) mass is 352 g/mol. The Labute approximate surface area is 141 Å². The third-order valence-corrected chi connectivity index (χ3v) is 3.21. The first-order valence-electron chi connectivity index (χ1n) is 7.27. The first kappa shape index (κ1) is 18.3. The van der Waals surface area contributed by atoms with E-state index in [1.54, 1.807) is 12.1 Å². The number of aryl methyl sites for hydroxylation is 1. The Morgan fingerprint density at radius 3 is 2.44 bits per heavy atom. The lowest BCUT2D eigenvalue weighted by Gasteiger charge is -2.10. The summed E-state index contributed by atoms with van der Waals surface area (Å²) in [7, 11) is 0. The fourth-order valence-electron chi connectivity index (χ4n) is 1.91. The summed E-state index contributed by atoms with van der Waals surface area (Å²) in [4.78, 5) is 23.3. The highest BCUT2D eigenvalue weighted by atomic mass is 19.2. The normalized spacial score (nSPS) is 10.2. The van der Waals surface area contributed by atoms with E-state index in [-0.39, 0.29) is 6.61 Å². The van der Waals surface area contributed by atoms with Gasteiger partial charge in [-0.2, -0.15) is 0 Å². The van der Waals surface area contributed by atoms with Gasteiger partial charge in [-0.05, 0) is 30.7 Å². The molecule has 0 aliphatic rings. The van der Waals surface area contributed by atoms with Crippen LogP contribution in [0.4, 0.5) is 18.9 Å². The molecule has 2 aromatic carbocycles. The third kappa shape index (κ3) is 4.97. The zero-order valence-electron chi connectivity index (χ0n) is 13.2. The summed E-state index contributed by atoms with van der Waals surface area (Å²) in [6.07, 6.45) is 0. The van der Waals surface area contributed by atoms with Crippen LogP contribution in [0.1, 0.15) is 5.56 Å². The molecule has 0 bridgehead atoms. The SMILES string of the molecule is Cc1ccccc1OCC(=O)NCC(=O)Nc1ccc(F)c(F)c1F. The lowest BCUT2D eigenvalue weighted by molar-refractivity contribution is -0.125. The van der Waals surface area contributed by atoms with E-state index in [4.69, 9.17) is 4.74 Å². The average Bonchev–Trinajstić information content (AvgIpc) is 2.60. The number of nitrogens with one attached hydrogen (secondary N) is 2. The van der Waals surface area contributed by atoms with E-state index in [1.165, 1.54) is 0 Å². The molecule has 0 aromatic heterocycles. The van der Waals surface area contributed by atoms with Crippen molar-refractivity contribution in [1.29, 1.82) is 0 Å². The molecule has 0 spiro atoms. The van der Waals surface area contributed by atoms with Crippen molar-refractivity contribution in [1.82, 2.24) is 5.32 Å². The van der Waals surface area contributed by atoms with Gasteiger partial charge in [-0.3, -0.25) is 9.59 Å². The van der Waals surface area contributed by atoms with Gasteiger partial charge in [0.15, 0.2) is 24.1 Å². The molecule has 0 atom stereocenters. The summed E-state index contributed by atoms with van der Waals surface area (Å²) >= 11 is 0. The maximum atomic E-state index is 13.4. The fraction of sp³-hybridized carbons (Fsp3) is 0.176. The minimum absolute atomic E-state index is 0.308. The number of amides is 2. The number of ether oxygens (including phenoxy) is 1. The van der Waals surface area contributed by atoms with Crippen molar-refractivity contribution in [3.05, 3.63) is 59.4 Å². The van der Waals surface area contributed by atoms with Crippen LogP contribution in [-0.4, -0.2) is 25.0 Å². The van der Waals surface area contributed by atoms with Crippen LogP contribution in [0.3, 0.4) is 0 Å². The number of hydrogen-bond acceptors (Lipinski definition) is 3. The molecule has 0 saturated carbocycles. The summed E-state index contributed by atoms with van der Waals surface area (Å²) in [5.41, 5.74) is 0.330. The van der Waals surface area contributed by atoms with E-state index in [1.807, 2.05) is 24.4 Å². The fourth-order valence-corrected chi connectivity index (χ4v) is 1.91. The van der Waals surface area contributed by atoms with Gasteiger partial charge in [0.2, 0.25) is 5.91 Å². The predicted molar refractivity (Wildman–Crippen MR) is 84.6 cm³/mol. The van der Waals surface area contributed by atoms with E-state index < -0.39 is 41.5 Å². The van der Waals surface area contributed by atoms with Crippen LogP contribution in [0.2, 0.25) is 0 Å². The second-order valence-corrected chi connectivity index (χ2v) is 5.10. The molecule has 2 rings (SSSR count). The van der Waals surface area contributed by atoms with Crippen LogP contribution >= 0.6 is 0 Å². The first-order valence-corrected chi connectivity index (χ1v) is 7.27. The molecule has 8 heteroatoms. The summed E-state index contributed by atoms with van der Waals surface area (Å²) in [6, 6.07) is 8.66. The first-order chi connectivity index (χ1) is 11.9. The Morgan fingerprint density at radius 2 is 1.72 bits per heavy atom. The second-order valence-electron chi connectivity index (χ2n) is 5.10. The number of carbonyl (C=O) groups is 2. The Bertz CT molecular complexity index is 797. The van der Waals surface area contributed by atoms with Gasteiger partial charge in [-0.25, -0.2) is 13.2 Å². The van der Waals surface area contributed by atoms with Crippen molar-refractivity contribution in [3.63, 3.8) is 0 Å². The van der Waals surface area contributed by atoms with Gasteiger partial charge >= 0.3 is 0 Å². The van der Waals surface area contributed by atoms with Gasteiger partial charge in [0.25, 0.3) is 5.91 Å². The molecular formula is C17H15F3N2O3. The number of rotatable bonds is 6. The third-order valence-electron chi connectivity index (χ3n) is 3.21. The van der Waals surface area contributed by atoms with Gasteiger partial charge in [-0.15, -0.1) is 0 Å². The van der Waals surface area contributed by atoms with Gasteiger partial charge in [-0.1, -0.05) is 18.2 Å². The molecule has 2 N–H and O–H groups in total. The molecule has 0 fully saturated rings. The molecule has 0 aliphatic carbocycles. The van der Waals surface area contributed by atoms with Crippen LogP contribution in [-0.2, 0) is 9.59 Å². The van der Waals surface area contributed by atoms with Crippen LogP contribution in [0, 0.1) is 24.4 Å². The van der Waals surface area contributed by atoms with Crippen molar-refractivity contribution < 1.29 is 27.5 Å². The van der Waals surface area contributed by atoms with E-state index in [2.05, 4.69) is 5.32 Å². The number of benzene rings is 2. The van der Waals surface area contributed by atoms with Crippen LogP contribution < -0.4 is 15.4 Å². The lowest BCUT2D eigenvalue weighted by Crippen LogP contribution is -2.36. The van der Waals surface area contributed by atoms with Crippen molar-refractivity contribution in [2.24, 2.45) is 0 Å². The van der Waals surface area contributed by atoms with Crippen LogP contribution in [0.25, 0.3) is 0 Å². The smallest absolute Gasteiger partial charge is 0.258 e. The average molecular weight is 352 g/mol. The number of carbonyl (C=O) groups excluding carboxylic acids is 2. The van der Waals surface area contributed by atoms with Gasteiger partial charge < -0.3 is 15.4 Å². The van der Waals surface area contributed by atoms with Gasteiger partial charge in [0, 0.05) is 0 Å². The highest BCUT2D eigenvalue weighted by Gasteiger charge is 2.15. The van der Waals surface area contributed by atoms with E-state index in [9.17, 15) is 22.8 Å². The summed E-state index contributed by atoms with van der Waals surface area (Å²) in [5.74, 6) is -5.39. The maximum Gasteiger partial charge on any atom is 0.258 e. The van der Waals surface area contributed by atoms with Crippen LogP contribution in [0.5, 0.6) is 5.75 Å². The van der Waals surface area contributed by atoms with Crippen molar-refractivity contribution in [3.8, 4) is 5.75 Å². The molecule has 132 valence electrons. The highest BCUT2D eigenvalue weighted by Crippen LogP contribution is 2.19. The molecule has 2 amide bonds. The molecule has 0 heterocycles.